The Balaban J connectivity index is 2.66. The monoisotopic (exact) mass is 265 g/mol. The molecule has 2 aromatic rings. The molecule has 0 unspecified atom stereocenters. The van der Waals surface area contributed by atoms with E-state index in [0.717, 1.165) is 5.56 Å². The molecule has 5 heteroatoms. The fraction of sp³-hybridized carbons (Fsp3) is 0.100. The largest absolute Gasteiger partial charge is 0.301 e. The summed E-state index contributed by atoms with van der Waals surface area (Å²) in [5, 5.41) is 0. The first-order chi connectivity index (χ1) is 7.20. The predicted octanol–water partition coefficient (Wildman–Crippen LogP) is 1.60. The zero-order valence-corrected chi connectivity index (χ0v) is 9.60. The molecule has 76 valence electrons. The Morgan fingerprint density at radius 3 is 2.67 bits per heavy atom. The zero-order valence-electron chi connectivity index (χ0n) is 8.01. The standard InChI is InChI=1S/C10H8BrN3O/c1-14-6-13-9(8(11)10(14)15)7-2-4-12-5-3-7/h2-6H,1H3. The van der Waals surface area contributed by atoms with Gasteiger partial charge in [0.2, 0.25) is 0 Å². The molecule has 0 aliphatic rings. The van der Waals surface area contributed by atoms with Gasteiger partial charge in [-0.25, -0.2) is 4.98 Å². The van der Waals surface area contributed by atoms with Crippen molar-refractivity contribution in [2.45, 2.75) is 0 Å². The van der Waals surface area contributed by atoms with Gasteiger partial charge in [-0.2, -0.15) is 0 Å². The van der Waals surface area contributed by atoms with Crippen LogP contribution in [0.4, 0.5) is 0 Å². The van der Waals surface area contributed by atoms with Crippen molar-refractivity contribution in [2.24, 2.45) is 7.05 Å². The van der Waals surface area contributed by atoms with Gasteiger partial charge in [0, 0.05) is 25.0 Å². The van der Waals surface area contributed by atoms with Crippen molar-refractivity contribution >= 4 is 15.9 Å². The van der Waals surface area contributed by atoms with Crippen LogP contribution in [0.2, 0.25) is 0 Å². The SMILES string of the molecule is Cn1cnc(-c2ccncc2)c(Br)c1=O. The van der Waals surface area contributed by atoms with Crippen molar-refractivity contribution in [3.8, 4) is 11.3 Å². The summed E-state index contributed by atoms with van der Waals surface area (Å²) in [7, 11) is 1.66. The number of aryl methyl sites for hydroxylation is 1. The summed E-state index contributed by atoms with van der Waals surface area (Å²) < 4.78 is 1.90. The quantitative estimate of drug-likeness (QED) is 0.787. The molecular weight excluding hydrogens is 258 g/mol. The molecule has 0 bridgehead atoms. The van der Waals surface area contributed by atoms with E-state index in [1.807, 2.05) is 12.1 Å². The lowest BCUT2D eigenvalue weighted by Crippen LogP contribution is -2.18. The number of pyridine rings is 1. The highest BCUT2D eigenvalue weighted by Crippen LogP contribution is 2.21. The molecule has 0 amide bonds. The third-order valence-corrected chi connectivity index (χ3v) is 2.74. The molecule has 0 radical (unpaired) electrons. The minimum absolute atomic E-state index is 0.100. The molecule has 2 rings (SSSR count). The van der Waals surface area contributed by atoms with Crippen LogP contribution in [0.3, 0.4) is 0 Å². The Kier molecular flexibility index (Phi) is 2.64. The fourth-order valence-corrected chi connectivity index (χ4v) is 1.83. The molecule has 0 aromatic carbocycles. The molecule has 0 saturated heterocycles. The second kappa shape index (κ2) is 3.94. The minimum Gasteiger partial charge on any atom is -0.301 e. The lowest BCUT2D eigenvalue weighted by atomic mass is 10.2. The molecular formula is C10H8BrN3O. The minimum atomic E-state index is -0.100. The number of hydrogen-bond acceptors (Lipinski definition) is 3. The topological polar surface area (TPSA) is 47.8 Å². The van der Waals surface area contributed by atoms with Crippen LogP contribution in [0.5, 0.6) is 0 Å². The molecule has 0 N–H and O–H groups in total. The lowest BCUT2D eigenvalue weighted by Gasteiger charge is -2.04. The Bertz CT molecular complexity index is 536. The molecule has 2 aromatic heterocycles. The molecule has 2 heterocycles. The van der Waals surface area contributed by atoms with Crippen molar-refractivity contribution in [3.05, 3.63) is 45.7 Å². The van der Waals surface area contributed by atoms with Crippen molar-refractivity contribution in [1.29, 1.82) is 0 Å². The third-order valence-electron chi connectivity index (χ3n) is 2.03. The van der Waals surface area contributed by atoms with Crippen LogP contribution in [0, 0.1) is 0 Å². The average Bonchev–Trinajstić information content (AvgIpc) is 2.27. The van der Waals surface area contributed by atoms with Gasteiger partial charge in [0.1, 0.15) is 4.47 Å². The fourth-order valence-electron chi connectivity index (χ4n) is 1.22. The second-order valence-electron chi connectivity index (χ2n) is 3.06. The van der Waals surface area contributed by atoms with Crippen molar-refractivity contribution in [1.82, 2.24) is 14.5 Å². The van der Waals surface area contributed by atoms with Gasteiger partial charge in [-0.15, -0.1) is 0 Å². The first-order valence-electron chi connectivity index (χ1n) is 4.31. The summed E-state index contributed by atoms with van der Waals surface area (Å²) in [5.74, 6) is 0. The number of hydrogen-bond donors (Lipinski definition) is 0. The first kappa shape index (κ1) is 10.0. The van der Waals surface area contributed by atoms with Gasteiger partial charge in [0.15, 0.2) is 0 Å². The number of halogens is 1. The highest BCUT2D eigenvalue weighted by atomic mass is 79.9. The maximum absolute atomic E-state index is 11.6. The molecule has 15 heavy (non-hydrogen) atoms. The average molecular weight is 266 g/mol. The van der Waals surface area contributed by atoms with Crippen molar-refractivity contribution < 1.29 is 0 Å². The number of nitrogens with zero attached hydrogens (tertiary/aromatic N) is 3. The summed E-state index contributed by atoms with van der Waals surface area (Å²) >= 11 is 3.25. The van der Waals surface area contributed by atoms with E-state index in [1.165, 1.54) is 10.9 Å². The van der Waals surface area contributed by atoms with Gasteiger partial charge < -0.3 is 4.57 Å². The molecule has 0 spiro atoms. The highest BCUT2D eigenvalue weighted by molar-refractivity contribution is 9.10. The summed E-state index contributed by atoms with van der Waals surface area (Å²) in [6.45, 7) is 0. The van der Waals surface area contributed by atoms with E-state index in [9.17, 15) is 4.79 Å². The van der Waals surface area contributed by atoms with Crippen molar-refractivity contribution in [2.75, 3.05) is 0 Å². The second-order valence-corrected chi connectivity index (χ2v) is 3.85. The Morgan fingerprint density at radius 1 is 1.33 bits per heavy atom. The van der Waals surface area contributed by atoms with E-state index in [2.05, 4.69) is 25.9 Å². The number of aromatic nitrogens is 3. The third kappa shape index (κ3) is 1.83. The lowest BCUT2D eigenvalue weighted by molar-refractivity contribution is 0.819. The number of rotatable bonds is 1. The molecule has 0 aliphatic heterocycles. The Hall–Kier alpha value is -1.49. The highest BCUT2D eigenvalue weighted by Gasteiger charge is 2.08. The van der Waals surface area contributed by atoms with E-state index >= 15 is 0 Å². The van der Waals surface area contributed by atoms with E-state index < -0.39 is 0 Å². The molecule has 0 aliphatic carbocycles. The van der Waals surface area contributed by atoms with Crippen LogP contribution in [-0.2, 0) is 7.05 Å². The molecule has 0 saturated carbocycles. The summed E-state index contributed by atoms with van der Waals surface area (Å²) in [6.07, 6.45) is 4.84. The van der Waals surface area contributed by atoms with Crippen LogP contribution in [0.1, 0.15) is 0 Å². The van der Waals surface area contributed by atoms with Crippen LogP contribution >= 0.6 is 15.9 Å². The predicted molar refractivity (Wildman–Crippen MR) is 60.4 cm³/mol. The Labute approximate surface area is 94.8 Å². The van der Waals surface area contributed by atoms with E-state index in [0.29, 0.717) is 10.2 Å². The van der Waals surface area contributed by atoms with Crippen LogP contribution in [0.25, 0.3) is 11.3 Å². The van der Waals surface area contributed by atoms with Crippen molar-refractivity contribution in [3.63, 3.8) is 0 Å². The van der Waals surface area contributed by atoms with Gasteiger partial charge in [-0.3, -0.25) is 9.78 Å². The van der Waals surface area contributed by atoms with Gasteiger partial charge >= 0.3 is 0 Å². The van der Waals surface area contributed by atoms with Gasteiger partial charge in [-0.05, 0) is 28.1 Å². The van der Waals surface area contributed by atoms with Crippen LogP contribution in [0.15, 0.2) is 40.1 Å². The van der Waals surface area contributed by atoms with Crippen LogP contribution in [-0.4, -0.2) is 14.5 Å². The van der Waals surface area contributed by atoms with Gasteiger partial charge in [0.05, 0.1) is 12.0 Å². The normalized spacial score (nSPS) is 10.3. The van der Waals surface area contributed by atoms with E-state index in [4.69, 9.17) is 0 Å². The molecule has 0 fully saturated rings. The smallest absolute Gasteiger partial charge is 0.267 e. The molecule has 0 atom stereocenters. The maximum Gasteiger partial charge on any atom is 0.267 e. The molecule has 4 nitrogen and oxygen atoms in total. The first-order valence-corrected chi connectivity index (χ1v) is 5.11. The van der Waals surface area contributed by atoms with E-state index in [-0.39, 0.29) is 5.56 Å². The van der Waals surface area contributed by atoms with Gasteiger partial charge in [0.25, 0.3) is 5.56 Å². The summed E-state index contributed by atoms with van der Waals surface area (Å²) in [5.41, 5.74) is 1.41. The summed E-state index contributed by atoms with van der Waals surface area (Å²) in [4.78, 5) is 19.7. The summed E-state index contributed by atoms with van der Waals surface area (Å²) in [6, 6.07) is 3.62. The Morgan fingerprint density at radius 2 is 2.00 bits per heavy atom. The van der Waals surface area contributed by atoms with E-state index in [1.54, 1.807) is 19.4 Å². The zero-order chi connectivity index (χ0) is 10.8. The van der Waals surface area contributed by atoms with Crippen LogP contribution < -0.4 is 5.56 Å². The van der Waals surface area contributed by atoms with Gasteiger partial charge in [-0.1, -0.05) is 0 Å². The maximum atomic E-state index is 11.6.